The van der Waals surface area contributed by atoms with E-state index >= 15 is 0 Å². The van der Waals surface area contributed by atoms with Gasteiger partial charge in [-0.1, -0.05) is 36.8 Å². The van der Waals surface area contributed by atoms with Gasteiger partial charge in [-0.25, -0.2) is 0 Å². The number of rotatable bonds is 2. The van der Waals surface area contributed by atoms with Gasteiger partial charge in [0, 0.05) is 44.6 Å². The molecule has 2 amide bonds. The Hall–Kier alpha value is -1.88. The highest BCUT2D eigenvalue weighted by Crippen LogP contribution is 2.37. The molecule has 3 fully saturated rings. The highest BCUT2D eigenvalue weighted by molar-refractivity contribution is 5.84. The zero-order valence-electron chi connectivity index (χ0n) is 14.9. The quantitative estimate of drug-likeness (QED) is 0.889. The fourth-order valence-electron chi connectivity index (χ4n) is 4.68. The zero-order valence-corrected chi connectivity index (χ0v) is 14.9. The largest absolute Gasteiger partial charge is 0.341 e. The van der Waals surface area contributed by atoms with Crippen LogP contribution in [0.2, 0.25) is 0 Å². The van der Waals surface area contributed by atoms with Crippen molar-refractivity contribution in [1.29, 1.82) is 0 Å². The summed E-state index contributed by atoms with van der Waals surface area (Å²) in [6.45, 7) is 4.58. The summed E-state index contributed by atoms with van der Waals surface area (Å²) >= 11 is 0. The topological polar surface area (TPSA) is 52.7 Å². The SMILES string of the molecule is CC(=O)N1CC(C(=O)N2C[C@@H](c3ccccc3)[C@@H]3NCCCC[C@@H]32)C1. The number of amides is 2. The summed E-state index contributed by atoms with van der Waals surface area (Å²) in [7, 11) is 0. The molecule has 0 bridgehead atoms. The molecule has 1 N–H and O–H groups in total. The Kier molecular flexibility index (Phi) is 4.50. The van der Waals surface area contributed by atoms with E-state index in [-0.39, 0.29) is 23.8 Å². The van der Waals surface area contributed by atoms with Gasteiger partial charge in [0.15, 0.2) is 0 Å². The summed E-state index contributed by atoms with van der Waals surface area (Å²) in [5.74, 6) is 0.663. The van der Waals surface area contributed by atoms with Gasteiger partial charge in [-0.05, 0) is 24.9 Å². The van der Waals surface area contributed by atoms with E-state index in [0.717, 1.165) is 19.5 Å². The molecule has 5 heteroatoms. The van der Waals surface area contributed by atoms with Crippen LogP contribution in [0.15, 0.2) is 30.3 Å². The summed E-state index contributed by atoms with van der Waals surface area (Å²) in [6.07, 6.45) is 3.43. The Labute approximate surface area is 149 Å². The molecule has 0 unspecified atom stereocenters. The van der Waals surface area contributed by atoms with Crippen LogP contribution in [0.25, 0.3) is 0 Å². The molecule has 3 atom stereocenters. The molecule has 0 radical (unpaired) electrons. The van der Waals surface area contributed by atoms with Gasteiger partial charge in [0.25, 0.3) is 0 Å². The molecular formula is C20H27N3O2. The van der Waals surface area contributed by atoms with E-state index in [1.54, 1.807) is 11.8 Å². The smallest absolute Gasteiger partial charge is 0.229 e. The van der Waals surface area contributed by atoms with Crippen LogP contribution in [-0.4, -0.2) is 59.9 Å². The van der Waals surface area contributed by atoms with Gasteiger partial charge in [-0.2, -0.15) is 0 Å². The first-order valence-corrected chi connectivity index (χ1v) is 9.49. The van der Waals surface area contributed by atoms with Crippen molar-refractivity contribution in [2.75, 3.05) is 26.2 Å². The van der Waals surface area contributed by atoms with Crippen molar-refractivity contribution in [3.05, 3.63) is 35.9 Å². The maximum absolute atomic E-state index is 13.1. The van der Waals surface area contributed by atoms with Crippen LogP contribution in [-0.2, 0) is 9.59 Å². The van der Waals surface area contributed by atoms with Gasteiger partial charge in [0.2, 0.25) is 11.8 Å². The number of hydrogen-bond donors (Lipinski definition) is 1. The third-order valence-electron chi connectivity index (χ3n) is 6.14. The Bertz CT molecular complexity index is 642. The summed E-state index contributed by atoms with van der Waals surface area (Å²) in [5, 5.41) is 3.72. The van der Waals surface area contributed by atoms with Crippen molar-refractivity contribution in [2.45, 2.75) is 44.2 Å². The molecular weight excluding hydrogens is 314 g/mol. The van der Waals surface area contributed by atoms with E-state index in [2.05, 4.69) is 34.5 Å². The van der Waals surface area contributed by atoms with Crippen molar-refractivity contribution in [3.8, 4) is 0 Å². The molecule has 4 rings (SSSR count). The average molecular weight is 341 g/mol. The Balaban J connectivity index is 1.53. The number of benzene rings is 1. The van der Waals surface area contributed by atoms with Gasteiger partial charge in [0.1, 0.15) is 0 Å². The van der Waals surface area contributed by atoms with Crippen molar-refractivity contribution in [2.24, 2.45) is 5.92 Å². The summed E-state index contributed by atoms with van der Waals surface area (Å²) in [4.78, 5) is 28.4. The zero-order chi connectivity index (χ0) is 17.4. The molecule has 3 heterocycles. The molecule has 134 valence electrons. The lowest BCUT2D eigenvalue weighted by Gasteiger charge is -2.40. The summed E-state index contributed by atoms with van der Waals surface area (Å²) < 4.78 is 0. The molecule has 25 heavy (non-hydrogen) atoms. The van der Waals surface area contributed by atoms with E-state index in [9.17, 15) is 9.59 Å². The first-order chi connectivity index (χ1) is 12.1. The molecule has 0 spiro atoms. The van der Waals surface area contributed by atoms with Gasteiger partial charge in [0.05, 0.1) is 5.92 Å². The van der Waals surface area contributed by atoms with Crippen LogP contribution in [0.3, 0.4) is 0 Å². The highest BCUT2D eigenvalue weighted by Gasteiger charge is 2.47. The number of fused-ring (bicyclic) bond motifs is 1. The summed E-state index contributed by atoms with van der Waals surface area (Å²) in [5.41, 5.74) is 1.32. The predicted octanol–water partition coefficient (Wildman–Crippen LogP) is 1.60. The lowest BCUT2D eigenvalue weighted by atomic mass is 9.90. The summed E-state index contributed by atoms with van der Waals surface area (Å²) in [6, 6.07) is 11.2. The van der Waals surface area contributed by atoms with Gasteiger partial charge < -0.3 is 15.1 Å². The van der Waals surface area contributed by atoms with Crippen LogP contribution in [0, 0.1) is 5.92 Å². The molecule has 1 aromatic rings. The number of nitrogens with zero attached hydrogens (tertiary/aromatic N) is 2. The second kappa shape index (κ2) is 6.79. The minimum Gasteiger partial charge on any atom is -0.341 e. The van der Waals surface area contributed by atoms with E-state index < -0.39 is 0 Å². The first kappa shape index (κ1) is 16.6. The van der Waals surface area contributed by atoms with Gasteiger partial charge >= 0.3 is 0 Å². The fourth-order valence-corrected chi connectivity index (χ4v) is 4.68. The van der Waals surface area contributed by atoms with Crippen molar-refractivity contribution < 1.29 is 9.59 Å². The molecule has 0 aromatic heterocycles. The first-order valence-electron chi connectivity index (χ1n) is 9.49. The van der Waals surface area contributed by atoms with Crippen LogP contribution in [0.5, 0.6) is 0 Å². The van der Waals surface area contributed by atoms with Crippen LogP contribution >= 0.6 is 0 Å². The third-order valence-corrected chi connectivity index (χ3v) is 6.14. The molecule has 3 aliphatic heterocycles. The number of carbonyl (C=O) groups excluding carboxylic acids is 2. The van der Waals surface area contributed by atoms with E-state index in [4.69, 9.17) is 0 Å². The molecule has 1 aromatic carbocycles. The van der Waals surface area contributed by atoms with Crippen LogP contribution in [0.4, 0.5) is 0 Å². The second-order valence-electron chi connectivity index (χ2n) is 7.67. The highest BCUT2D eigenvalue weighted by atomic mass is 16.2. The lowest BCUT2D eigenvalue weighted by Crippen LogP contribution is -2.57. The van der Waals surface area contributed by atoms with Crippen LogP contribution < -0.4 is 5.32 Å². The minimum atomic E-state index is -0.0117. The Morgan fingerprint density at radius 1 is 1.08 bits per heavy atom. The molecule has 3 aliphatic rings. The van der Waals surface area contributed by atoms with Crippen molar-refractivity contribution in [1.82, 2.24) is 15.1 Å². The van der Waals surface area contributed by atoms with E-state index in [1.807, 2.05) is 6.07 Å². The fraction of sp³-hybridized carbons (Fsp3) is 0.600. The maximum atomic E-state index is 13.1. The molecule has 3 saturated heterocycles. The molecule has 0 saturated carbocycles. The minimum absolute atomic E-state index is 0.0117. The Morgan fingerprint density at radius 2 is 1.84 bits per heavy atom. The third kappa shape index (κ3) is 3.06. The van der Waals surface area contributed by atoms with Crippen molar-refractivity contribution >= 4 is 11.8 Å². The lowest BCUT2D eigenvalue weighted by molar-refractivity contribution is -0.148. The normalized spacial score (nSPS) is 29.7. The van der Waals surface area contributed by atoms with E-state index in [0.29, 0.717) is 25.0 Å². The second-order valence-corrected chi connectivity index (χ2v) is 7.67. The number of hydrogen-bond acceptors (Lipinski definition) is 3. The Morgan fingerprint density at radius 3 is 2.56 bits per heavy atom. The van der Waals surface area contributed by atoms with Gasteiger partial charge in [-0.15, -0.1) is 0 Å². The maximum Gasteiger partial charge on any atom is 0.229 e. The van der Waals surface area contributed by atoms with E-state index in [1.165, 1.54) is 18.4 Å². The monoisotopic (exact) mass is 341 g/mol. The predicted molar refractivity (Wildman–Crippen MR) is 96.1 cm³/mol. The van der Waals surface area contributed by atoms with Crippen molar-refractivity contribution in [3.63, 3.8) is 0 Å². The molecule has 0 aliphatic carbocycles. The number of carbonyl (C=O) groups is 2. The number of likely N-dealkylation sites (tertiary alicyclic amines) is 2. The number of nitrogens with one attached hydrogen (secondary N) is 1. The standard InChI is InChI=1S/C20H27N3O2/c1-14(24)22-11-16(12-22)20(25)23-13-17(15-7-3-2-4-8-15)19-18(23)9-5-6-10-21-19/h2-4,7-8,16-19,21H,5-6,9-13H2,1H3/t17-,18-,19-/m0/s1. The molecule has 5 nitrogen and oxygen atoms in total. The average Bonchev–Trinajstić information content (AvgIpc) is 2.75. The van der Waals surface area contributed by atoms with Crippen LogP contribution in [0.1, 0.15) is 37.7 Å². The van der Waals surface area contributed by atoms with Gasteiger partial charge in [-0.3, -0.25) is 9.59 Å².